The van der Waals surface area contributed by atoms with E-state index in [9.17, 15) is 14.4 Å². The van der Waals surface area contributed by atoms with Gasteiger partial charge in [0.05, 0.1) is 19.2 Å². The largest absolute Gasteiger partial charge is 0.484 e. The quantitative estimate of drug-likeness (QED) is 0.739. The predicted octanol–water partition coefficient (Wildman–Crippen LogP) is 1.92. The van der Waals surface area contributed by atoms with Gasteiger partial charge < -0.3 is 20.1 Å². The number of methoxy groups -OCH3 is 1. The van der Waals surface area contributed by atoms with Crippen molar-refractivity contribution in [2.24, 2.45) is 0 Å². The summed E-state index contributed by atoms with van der Waals surface area (Å²) in [4.78, 5) is 35.1. The molecule has 136 valence electrons. The van der Waals surface area contributed by atoms with Crippen LogP contribution < -0.4 is 15.4 Å². The summed E-state index contributed by atoms with van der Waals surface area (Å²) in [5.74, 6) is -0.753. The van der Waals surface area contributed by atoms with E-state index in [4.69, 9.17) is 4.74 Å². The minimum atomic E-state index is -0.498. The Hall–Kier alpha value is -3.35. The number of benzene rings is 2. The van der Waals surface area contributed by atoms with Crippen LogP contribution in [0.1, 0.15) is 15.9 Å². The van der Waals surface area contributed by atoms with Crippen LogP contribution in [-0.2, 0) is 14.3 Å². The van der Waals surface area contributed by atoms with Crippen molar-refractivity contribution in [2.75, 3.05) is 25.6 Å². The normalized spacial score (nSPS) is 9.92. The Morgan fingerprint density at radius 1 is 1.00 bits per heavy atom. The highest BCUT2D eigenvalue weighted by molar-refractivity contribution is 5.96. The van der Waals surface area contributed by atoms with E-state index in [1.807, 2.05) is 19.1 Å². The highest BCUT2D eigenvalue weighted by Gasteiger charge is 2.09. The van der Waals surface area contributed by atoms with Crippen LogP contribution in [0.2, 0.25) is 0 Å². The third kappa shape index (κ3) is 5.94. The van der Waals surface area contributed by atoms with Crippen LogP contribution in [0, 0.1) is 6.92 Å². The van der Waals surface area contributed by atoms with Crippen molar-refractivity contribution in [1.82, 2.24) is 5.32 Å². The van der Waals surface area contributed by atoms with E-state index in [0.29, 0.717) is 17.0 Å². The first-order valence-corrected chi connectivity index (χ1v) is 7.92. The molecular weight excluding hydrogens is 336 g/mol. The minimum Gasteiger partial charge on any atom is -0.484 e. The van der Waals surface area contributed by atoms with E-state index in [1.165, 1.54) is 13.2 Å². The van der Waals surface area contributed by atoms with Crippen LogP contribution >= 0.6 is 0 Å². The third-order valence-electron chi connectivity index (χ3n) is 3.40. The van der Waals surface area contributed by atoms with E-state index in [2.05, 4.69) is 15.4 Å². The maximum atomic E-state index is 11.9. The Morgan fingerprint density at radius 3 is 2.42 bits per heavy atom. The molecule has 0 fully saturated rings. The van der Waals surface area contributed by atoms with Gasteiger partial charge in [-0.05, 0) is 37.3 Å². The zero-order chi connectivity index (χ0) is 18.9. The lowest BCUT2D eigenvalue weighted by Crippen LogP contribution is -2.35. The fourth-order valence-corrected chi connectivity index (χ4v) is 2.06. The molecule has 2 aromatic rings. The predicted molar refractivity (Wildman–Crippen MR) is 96.1 cm³/mol. The summed E-state index contributed by atoms with van der Waals surface area (Å²) in [5, 5.41) is 5.06. The number of hydrogen-bond donors (Lipinski definition) is 2. The average molecular weight is 356 g/mol. The van der Waals surface area contributed by atoms with Gasteiger partial charge in [0, 0.05) is 5.69 Å². The van der Waals surface area contributed by atoms with E-state index < -0.39 is 17.8 Å². The molecule has 0 aromatic heterocycles. The van der Waals surface area contributed by atoms with Gasteiger partial charge in [-0.15, -0.1) is 0 Å². The smallest absolute Gasteiger partial charge is 0.337 e. The molecule has 2 rings (SSSR count). The molecule has 2 aromatic carbocycles. The summed E-state index contributed by atoms with van der Waals surface area (Å²) in [6, 6.07) is 13.6. The van der Waals surface area contributed by atoms with Crippen LogP contribution in [0.3, 0.4) is 0 Å². The lowest BCUT2D eigenvalue weighted by atomic mass is 10.2. The van der Waals surface area contributed by atoms with Crippen LogP contribution in [0.5, 0.6) is 5.75 Å². The monoisotopic (exact) mass is 356 g/mol. The molecule has 0 bridgehead atoms. The molecule has 0 saturated heterocycles. The number of ether oxygens (including phenoxy) is 2. The molecule has 0 unspecified atom stereocenters. The van der Waals surface area contributed by atoms with Crippen molar-refractivity contribution in [3.63, 3.8) is 0 Å². The van der Waals surface area contributed by atoms with Gasteiger partial charge >= 0.3 is 5.97 Å². The highest BCUT2D eigenvalue weighted by Crippen LogP contribution is 2.12. The van der Waals surface area contributed by atoms with Gasteiger partial charge in [0.2, 0.25) is 5.91 Å². The number of esters is 1. The molecule has 2 N–H and O–H groups in total. The third-order valence-corrected chi connectivity index (χ3v) is 3.40. The number of rotatable bonds is 7. The van der Waals surface area contributed by atoms with Crippen molar-refractivity contribution in [2.45, 2.75) is 6.92 Å². The van der Waals surface area contributed by atoms with Crippen LogP contribution in [0.15, 0.2) is 48.5 Å². The zero-order valence-corrected chi connectivity index (χ0v) is 14.6. The molecule has 0 radical (unpaired) electrons. The molecule has 0 aliphatic carbocycles. The lowest BCUT2D eigenvalue weighted by molar-refractivity contribution is -0.125. The number of hydrogen-bond acceptors (Lipinski definition) is 5. The van der Waals surface area contributed by atoms with E-state index in [1.54, 1.807) is 30.3 Å². The zero-order valence-electron chi connectivity index (χ0n) is 14.6. The van der Waals surface area contributed by atoms with Gasteiger partial charge in [0.25, 0.3) is 5.91 Å². The number of anilines is 1. The van der Waals surface area contributed by atoms with E-state index in [-0.39, 0.29) is 13.2 Å². The van der Waals surface area contributed by atoms with Crippen molar-refractivity contribution in [1.29, 1.82) is 0 Å². The number of carbonyl (C=O) groups excluding carboxylic acids is 3. The molecule has 0 spiro atoms. The van der Waals surface area contributed by atoms with Gasteiger partial charge in [-0.25, -0.2) is 4.79 Å². The van der Waals surface area contributed by atoms with Crippen molar-refractivity contribution < 1.29 is 23.9 Å². The SMILES string of the molecule is COC(=O)c1cccc(NC(=O)CNC(=O)COc2ccc(C)cc2)c1. The van der Waals surface area contributed by atoms with Crippen LogP contribution in [0.25, 0.3) is 0 Å². The number of carbonyl (C=O) groups is 3. The molecule has 0 aliphatic rings. The van der Waals surface area contributed by atoms with Crippen LogP contribution in [-0.4, -0.2) is 38.0 Å². The molecule has 7 nitrogen and oxygen atoms in total. The second kappa shape index (κ2) is 9.22. The first-order valence-electron chi connectivity index (χ1n) is 7.92. The van der Waals surface area contributed by atoms with Crippen molar-refractivity contribution in [3.8, 4) is 5.75 Å². The summed E-state index contributed by atoms with van der Waals surface area (Å²) in [7, 11) is 1.28. The van der Waals surface area contributed by atoms with Crippen molar-refractivity contribution >= 4 is 23.5 Å². The van der Waals surface area contributed by atoms with E-state index >= 15 is 0 Å². The number of amides is 2. The van der Waals surface area contributed by atoms with Gasteiger partial charge in [0.1, 0.15) is 5.75 Å². The van der Waals surface area contributed by atoms with Gasteiger partial charge in [-0.1, -0.05) is 23.8 Å². The number of nitrogens with one attached hydrogen (secondary N) is 2. The van der Waals surface area contributed by atoms with Gasteiger partial charge in [0.15, 0.2) is 6.61 Å². The number of aryl methyl sites for hydroxylation is 1. The fourth-order valence-electron chi connectivity index (χ4n) is 2.06. The summed E-state index contributed by atoms with van der Waals surface area (Å²) in [6.45, 7) is 1.56. The van der Waals surface area contributed by atoms with Gasteiger partial charge in [-0.2, -0.15) is 0 Å². The molecule has 0 saturated carbocycles. The average Bonchev–Trinajstić information content (AvgIpc) is 2.65. The summed E-state index contributed by atoms with van der Waals surface area (Å²) < 4.78 is 9.96. The second-order valence-corrected chi connectivity index (χ2v) is 5.50. The summed E-state index contributed by atoms with van der Waals surface area (Å²) in [5.41, 5.74) is 1.85. The molecule has 0 heterocycles. The Morgan fingerprint density at radius 2 is 1.73 bits per heavy atom. The Kier molecular flexibility index (Phi) is 6.73. The summed E-state index contributed by atoms with van der Waals surface area (Å²) >= 11 is 0. The Bertz CT molecular complexity index is 787. The first-order chi connectivity index (χ1) is 12.5. The lowest BCUT2D eigenvalue weighted by Gasteiger charge is -2.09. The molecular formula is C19H20N2O5. The molecule has 2 amide bonds. The van der Waals surface area contributed by atoms with Crippen molar-refractivity contribution in [3.05, 3.63) is 59.7 Å². The maximum Gasteiger partial charge on any atom is 0.337 e. The molecule has 7 heteroatoms. The Labute approximate surface area is 151 Å². The first kappa shape index (κ1) is 19.0. The molecule has 0 aliphatic heterocycles. The van der Waals surface area contributed by atoms with E-state index in [0.717, 1.165) is 5.56 Å². The summed E-state index contributed by atoms with van der Waals surface area (Å²) in [6.07, 6.45) is 0. The van der Waals surface area contributed by atoms with Crippen LogP contribution in [0.4, 0.5) is 5.69 Å². The maximum absolute atomic E-state index is 11.9. The highest BCUT2D eigenvalue weighted by atomic mass is 16.5. The topological polar surface area (TPSA) is 93.7 Å². The fraction of sp³-hybridized carbons (Fsp3) is 0.211. The minimum absolute atomic E-state index is 0.186. The molecule has 0 atom stereocenters. The Balaban J connectivity index is 1.76. The standard InChI is InChI=1S/C19H20N2O5/c1-13-6-8-16(9-7-13)26-12-18(23)20-11-17(22)21-15-5-3-4-14(10-15)19(24)25-2/h3-10H,11-12H2,1-2H3,(H,20,23)(H,21,22). The second-order valence-electron chi connectivity index (χ2n) is 5.50. The molecule has 26 heavy (non-hydrogen) atoms. The van der Waals surface area contributed by atoms with Gasteiger partial charge in [-0.3, -0.25) is 9.59 Å².